The number of urea groups is 1. The van der Waals surface area contributed by atoms with Crippen molar-refractivity contribution in [2.45, 2.75) is 6.92 Å². The van der Waals surface area contributed by atoms with E-state index in [0.717, 1.165) is 17.6 Å². The van der Waals surface area contributed by atoms with Gasteiger partial charge in [0.05, 0.1) is 0 Å². The number of carbonyl (C=O) groups excluding carboxylic acids is 1. The van der Waals surface area contributed by atoms with E-state index in [1.54, 1.807) is 17.0 Å². The lowest BCUT2D eigenvalue weighted by molar-refractivity contribution is 0.208. The maximum atomic E-state index is 13.2. The van der Waals surface area contributed by atoms with Crippen molar-refractivity contribution in [2.24, 2.45) is 0 Å². The van der Waals surface area contributed by atoms with Gasteiger partial charge in [0.2, 0.25) is 0 Å². The van der Waals surface area contributed by atoms with Crippen molar-refractivity contribution in [1.29, 1.82) is 0 Å². The molecule has 0 unspecified atom stereocenters. The van der Waals surface area contributed by atoms with Gasteiger partial charge in [0.15, 0.2) is 0 Å². The van der Waals surface area contributed by atoms with Crippen LogP contribution in [0.25, 0.3) is 0 Å². The third kappa shape index (κ3) is 3.87. The number of nitrogens with one attached hydrogen (secondary N) is 1. The predicted octanol–water partition coefficient (Wildman–Crippen LogP) is 4.25. The van der Waals surface area contributed by atoms with Crippen LogP contribution >= 0.6 is 15.9 Å². The Morgan fingerprint density at radius 1 is 1.12 bits per heavy atom. The summed E-state index contributed by atoms with van der Waals surface area (Å²) in [6.07, 6.45) is 0. The average molecular weight is 392 g/mol. The number of piperazine rings is 1. The molecular weight excluding hydrogens is 373 g/mol. The van der Waals surface area contributed by atoms with Gasteiger partial charge in [0.1, 0.15) is 5.82 Å². The summed E-state index contributed by atoms with van der Waals surface area (Å²) in [5.41, 5.74) is 2.89. The first-order chi connectivity index (χ1) is 11.5. The molecule has 1 N–H and O–H groups in total. The molecule has 2 amide bonds. The number of nitrogens with zero attached hydrogens (tertiary/aromatic N) is 2. The minimum Gasteiger partial charge on any atom is -0.368 e. The van der Waals surface area contributed by atoms with Gasteiger partial charge in [-0.1, -0.05) is 22.0 Å². The average Bonchev–Trinajstić information content (AvgIpc) is 2.55. The highest BCUT2D eigenvalue weighted by molar-refractivity contribution is 9.10. The molecule has 0 aliphatic carbocycles. The van der Waals surface area contributed by atoms with Crippen molar-refractivity contribution >= 4 is 33.3 Å². The molecule has 0 radical (unpaired) electrons. The molecule has 1 fully saturated rings. The van der Waals surface area contributed by atoms with Gasteiger partial charge in [-0.2, -0.15) is 0 Å². The van der Waals surface area contributed by atoms with Crippen LogP contribution in [0.5, 0.6) is 0 Å². The first-order valence-corrected chi connectivity index (χ1v) is 8.65. The van der Waals surface area contributed by atoms with E-state index in [0.29, 0.717) is 18.8 Å². The van der Waals surface area contributed by atoms with Crippen molar-refractivity contribution in [3.05, 3.63) is 58.3 Å². The van der Waals surface area contributed by atoms with Crippen molar-refractivity contribution in [1.82, 2.24) is 4.90 Å². The molecule has 1 heterocycles. The summed E-state index contributed by atoms with van der Waals surface area (Å²) in [6.45, 7) is 4.91. The Morgan fingerprint density at radius 3 is 2.54 bits per heavy atom. The van der Waals surface area contributed by atoms with E-state index < -0.39 is 0 Å². The fraction of sp³-hybridized carbons (Fsp3) is 0.278. The Bertz CT molecular complexity index is 745. The molecule has 0 aromatic heterocycles. The second-order valence-electron chi connectivity index (χ2n) is 5.85. The Kier molecular flexibility index (Phi) is 5.04. The molecule has 1 saturated heterocycles. The van der Waals surface area contributed by atoms with Gasteiger partial charge < -0.3 is 15.1 Å². The van der Waals surface area contributed by atoms with Crippen LogP contribution in [0.3, 0.4) is 0 Å². The quantitative estimate of drug-likeness (QED) is 0.830. The molecule has 0 spiro atoms. The topological polar surface area (TPSA) is 35.6 Å². The molecule has 2 aromatic carbocycles. The molecule has 1 aliphatic heterocycles. The lowest BCUT2D eigenvalue weighted by Gasteiger charge is -2.36. The summed E-state index contributed by atoms with van der Waals surface area (Å²) in [5, 5.41) is 2.75. The molecule has 0 bridgehead atoms. The SMILES string of the molecule is Cc1cc(Br)ccc1N1CCN(C(=O)Nc2cccc(F)c2)CC1. The summed E-state index contributed by atoms with van der Waals surface area (Å²) in [6, 6.07) is 12.0. The van der Waals surface area contributed by atoms with Crippen molar-refractivity contribution in [2.75, 3.05) is 36.4 Å². The fourth-order valence-electron chi connectivity index (χ4n) is 2.89. The number of amides is 2. The molecule has 24 heavy (non-hydrogen) atoms. The number of aryl methyl sites for hydroxylation is 1. The predicted molar refractivity (Wildman–Crippen MR) is 98.1 cm³/mol. The molecule has 2 aromatic rings. The Morgan fingerprint density at radius 2 is 1.88 bits per heavy atom. The second kappa shape index (κ2) is 7.21. The van der Waals surface area contributed by atoms with Crippen molar-refractivity contribution in [3.63, 3.8) is 0 Å². The maximum absolute atomic E-state index is 13.2. The van der Waals surface area contributed by atoms with Gasteiger partial charge in [-0.15, -0.1) is 0 Å². The van der Waals surface area contributed by atoms with E-state index in [1.807, 2.05) is 6.07 Å². The summed E-state index contributed by atoms with van der Waals surface area (Å²) in [5.74, 6) is -0.358. The zero-order valence-corrected chi connectivity index (χ0v) is 15.0. The second-order valence-corrected chi connectivity index (χ2v) is 6.76. The van der Waals surface area contributed by atoms with E-state index in [1.165, 1.54) is 23.4 Å². The third-order valence-electron chi connectivity index (χ3n) is 4.14. The zero-order valence-electron chi connectivity index (χ0n) is 13.4. The third-order valence-corrected chi connectivity index (χ3v) is 4.64. The first-order valence-electron chi connectivity index (χ1n) is 7.85. The molecular formula is C18H19BrFN3O. The highest BCUT2D eigenvalue weighted by Crippen LogP contribution is 2.25. The Balaban J connectivity index is 1.59. The molecule has 1 aliphatic rings. The highest BCUT2D eigenvalue weighted by Gasteiger charge is 2.22. The van der Waals surface area contributed by atoms with E-state index in [9.17, 15) is 9.18 Å². The van der Waals surface area contributed by atoms with Crippen LogP contribution in [0.15, 0.2) is 46.9 Å². The van der Waals surface area contributed by atoms with Crippen LogP contribution < -0.4 is 10.2 Å². The largest absolute Gasteiger partial charge is 0.368 e. The van der Waals surface area contributed by atoms with Gasteiger partial charge >= 0.3 is 6.03 Å². The molecule has 6 heteroatoms. The highest BCUT2D eigenvalue weighted by atomic mass is 79.9. The summed E-state index contributed by atoms with van der Waals surface area (Å²) >= 11 is 3.48. The normalized spacial score (nSPS) is 14.6. The fourth-order valence-corrected chi connectivity index (χ4v) is 3.37. The van der Waals surface area contributed by atoms with E-state index >= 15 is 0 Å². The van der Waals surface area contributed by atoms with E-state index in [2.05, 4.69) is 45.2 Å². The van der Waals surface area contributed by atoms with Crippen LogP contribution in [0.4, 0.5) is 20.6 Å². The molecule has 0 atom stereocenters. The smallest absolute Gasteiger partial charge is 0.321 e. The van der Waals surface area contributed by atoms with Crippen LogP contribution in [0.1, 0.15) is 5.56 Å². The van der Waals surface area contributed by atoms with Crippen molar-refractivity contribution in [3.8, 4) is 0 Å². The number of carbonyl (C=O) groups is 1. The Labute approximate surface area is 149 Å². The number of benzene rings is 2. The first kappa shape index (κ1) is 16.8. The number of hydrogen-bond donors (Lipinski definition) is 1. The monoisotopic (exact) mass is 391 g/mol. The molecule has 126 valence electrons. The lowest BCUT2D eigenvalue weighted by Crippen LogP contribution is -2.50. The van der Waals surface area contributed by atoms with Crippen LogP contribution in [-0.2, 0) is 0 Å². The number of rotatable bonds is 2. The minimum atomic E-state index is -0.358. The molecule has 0 saturated carbocycles. The maximum Gasteiger partial charge on any atom is 0.321 e. The van der Waals surface area contributed by atoms with Gasteiger partial charge in [-0.3, -0.25) is 0 Å². The van der Waals surface area contributed by atoms with Crippen LogP contribution in [0, 0.1) is 12.7 Å². The number of anilines is 2. The Hall–Kier alpha value is -2.08. The summed E-state index contributed by atoms with van der Waals surface area (Å²) in [7, 11) is 0. The lowest BCUT2D eigenvalue weighted by atomic mass is 10.1. The molecule has 4 nitrogen and oxygen atoms in total. The summed E-state index contributed by atoms with van der Waals surface area (Å²) in [4.78, 5) is 16.3. The standard InChI is InChI=1S/C18H19BrFN3O/c1-13-11-14(19)5-6-17(13)22-7-9-23(10-8-22)18(24)21-16-4-2-3-15(20)12-16/h2-6,11-12H,7-10H2,1H3,(H,21,24). The number of halogens is 2. The van der Waals surface area contributed by atoms with Crippen molar-refractivity contribution < 1.29 is 9.18 Å². The van der Waals surface area contributed by atoms with Gasteiger partial charge in [0, 0.05) is 42.0 Å². The van der Waals surface area contributed by atoms with Gasteiger partial charge in [-0.05, 0) is 48.9 Å². The van der Waals surface area contributed by atoms with E-state index in [-0.39, 0.29) is 11.8 Å². The van der Waals surface area contributed by atoms with Crippen LogP contribution in [0.2, 0.25) is 0 Å². The minimum absolute atomic E-state index is 0.187. The van der Waals surface area contributed by atoms with Gasteiger partial charge in [-0.25, -0.2) is 9.18 Å². The number of hydrogen-bond acceptors (Lipinski definition) is 2. The summed E-state index contributed by atoms with van der Waals surface area (Å²) < 4.78 is 14.3. The van der Waals surface area contributed by atoms with Crippen LogP contribution in [-0.4, -0.2) is 37.1 Å². The molecule has 3 rings (SSSR count). The zero-order chi connectivity index (χ0) is 17.1. The van der Waals surface area contributed by atoms with Gasteiger partial charge in [0.25, 0.3) is 0 Å². The van der Waals surface area contributed by atoms with E-state index in [4.69, 9.17) is 0 Å².